The van der Waals surface area contributed by atoms with Crippen molar-refractivity contribution in [2.24, 2.45) is 10.4 Å². The molecule has 1 aromatic rings. The molecule has 1 aliphatic carbocycles. The second kappa shape index (κ2) is 8.88. The lowest BCUT2D eigenvalue weighted by molar-refractivity contribution is 0.151. The molecule has 1 saturated heterocycles. The van der Waals surface area contributed by atoms with E-state index in [0.29, 0.717) is 12.0 Å². The zero-order valence-corrected chi connectivity index (χ0v) is 18.6. The summed E-state index contributed by atoms with van der Waals surface area (Å²) in [6, 6.07) is 7.68. The summed E-state index contributed by atoms with van der Waals surface area (Å²) in [7, 11) is 0.0433. The Hall–Kier alpha value is -0.870. The van der Waals surface area contributed by atoms with E-state index in [1.807, 2.05) is 31.3 Å². The van der Waals surface area contributed by atoms with Crippen LogP contribution in [0.15, 0.2) is 29.3 Å². The van der Waals surface area contributed by atoms with Gasteiger partial charge >= 0.3 is 0 Å². The van der Waals surface area contributed by atoms with Gasteiger partial charge in [0.15, 0.2) is 5.96 Å². The maximum atomic E-state index is 11.6. The Kier molecular flexibility index (Phi) is 7.32. The molecule has 1 spiro atoms. The van der Waals surface area contributed by atoms with Crippen LogP contribution >= 0.6 is 24.0 Å². The van der Waals surface area contributed by atoms with Crippen LogP contribution in [0.2, 0.25) is 0 Å². The highest BCUT2D eigenvalue weighted by molar-refractivity contribution is 14.0. The van der Waals surface area contributed by atoms with Gasteiger partial charge in [-0.2, -0.15) is 0 Å². The molecule has 0 unspecified atom stereocenters. The molecule has 146 valence electrons. The maximum Gasteiger partial charge on any atom is 0.215 e. The molecule has 3 rings (SSSR count). The number of guanidine groups is 1. The van der Waals surface area contributed by atoms with Gasteiger partial charge in [0.05, 0.1) is 5.75 Å². The van der Waals surface area contributed by atoms with Crippen molar-refractivity contribution in [1.29, 1.82) is 0 Å². The predicted octanol–water partition coefficient (Wildman–Crippen LogP) is 2.31. The first-order chi connectivity index (χ1) is 12.0. The standard InChI is InChI=1S/C18H28N4O2S.HI/c1-19-17(22-11-10-18(14-22)8-3-9-18)21-12-15-4-6-16(7-5-15)13-25(23,24)20-2;/h4-7,20H,3,8-14H2,1-2H3,(H,19,21);1H. The molecule has 2 N–H and O–H groups in total. The van der Waals surface area contributed by atoms with Gasteiger partial charge in [-0.1, -0.05) is 30.7 Å². The third-order valence-corrected chi connectivity index (χ3v) is 6.84. The molecule has 2 fully saturated rings. The first kappa shape index (κ1) is 21.4. The summed E-state index contributed by atoms with van der Waals surface area (Å²) in [4.78, 5) is 6.80. The number of aliphatic imine (C=N–C) groups is 1. The normalized spacial score (nSPS) is 19.2. The summed E-state index contributed by atoms with van der Waals surface area (Å²) in [5.74, 6) is 0.972. The smallest absolute Gasteiger partial charge is 0.215 e. The predicted molar refractivity (Wildman–Crippen MR) is 116 cm³/mol. The molecule has 0 amide bonds. The van der Waals surface area contributed by atoms with E-state index in [1.54, 1.807) is 0 Å². The van der Waals surface area contributed by atoms with Gasteiger partial charge in [-0.15, -0.1) is 24.0 Å². The summed E-state index contributed by atoms with van der Waals surface area (Å²) in [6.07, 6.45) is 5.37. The summed E-state index contributed by atoms with van der Waals surface area (Å²) in [5.41, 5.74) is 2.45. The van der Waals surface area contributed by atoms with E-state index in [4.69, 9.17) is 0 Å². The number of halogens is 1. The Labute approximate surface area is 173 Å². The van der Waals surface area contributed by atoms with Crippen LogP contribution in [0, 0.1) is 5.41 Å². The number of sulfonamides is 1. The van der Waals surface area contributed by atoms with Gasteiger partial charge in [0, 0.05) is 26.7 Å². The molecule has 0 aromatic heterocycles. The van der Waals surface area contributed by atoms with Crippen LogP contribution in [0.4, 0.5) is 0 Å². The molecular formula is C18H29IN4O2S. The van der Waals surface area contributed by atoms with Crippen LogP contribution in [-0.2, 0) is 22.3 Å². The molecule has 1 aromatic carbocycles. The number of likely N-dealkylation sites (tertiary alicyclic amines) is 1. The van der Waals surface area contributed by atoms with Crippen molar-refractivity contribution < 1.29 is 8.42 Å². The number of nitrogens with zero attached hydrogens (tertiary/aromatic N) is 2. The van der Waals surface area contributed by atoms with E-state index in [0.717, 1.165) is 30.2 Å². The van der Waals surface area contributed by atoms with Crippen LogP contribution < -0.4 is 10.0 Å². The molecule has 1 aliphatic heterocycles. The van der Waals surface area contributed by atoms with Gasteiger partial charge in [-0.25, -0.2) is 13.1 Å². The lowest BCUT2D eigenvalue weighted by Gasteiger charge is -2.38. The van der Waals surface area contributed by atoms with E-state index in [9.17, 15) is 8.42 Å². The van der Waals surface area contributed by atoms with Crippen LogP contribution in [0.25, 0.3) is 0 Å². The Morgan fingerprint density at radius 2 is 1.85 bits per heavy atom. The largest absolute Gasteiger partial charge is 0.352 e. The van der Waals surface area contributed by atoms with Gasteiger partial charge in [0.2, 0.25) is 10.0 Å². The summed E-state index contributed by atoms with van der Waals surface area (Å²) >= 11 is 0. The van der Waals surface area contributed by atoms with Crippen molar-refractivity contribution in [3.8, 4) is 0 Å². The second-order valence-corrected chi connectivity index (χ2v) is 9.13. The molecule has 0 radical (unpaired) electrons. The zero-order chi connectivity index (χ0) is 17.9. The Morgan fingerprint density at radius 3 is 2.35 bits per heavy atom. The van der Waals surface area contributed by atoms with E-state index in [-0.39, 0.29) is 29.7 Å². The molecule has 0 atom stereocenters. The average Bonchev–Trinajstić information content (AvgIpc) is 3.03. The monoisotopic (exact) mass is 492 g/mol. The zero-order valence-electron chi connectivity index (χ0n) is 15.5. The van der Waals surface area contributed by atoms with Crippen molar-refractivity contribution in [1.82, 2.24) is 14.9 Å². The van der Waals surface area contributed by atoms with Crippen LogP contribution in [0.3, 0.4) is 0 Å². The minimum atomic E-state index is -3.23. The Morgan fingerprint density at radius 1 is 1.19 bits per heavy atom. The van der Waals surface area contributed by atoms with E-state index in [1.165, 1.54) is 32.7 Å². The van der Waals surface area contributed by atoms with Gasteiger partial charge in [0.25, 0.3) is 0 Å². The SMILES string of the molecule is CN=C(NCc1ccc(CS(=O)(=O)NC)cc1)N1CCC2(CCC2)C1.I. The fourth-order valence-corrected chi connectivity index (χ4v) is 4.53. The number of rotatable bonds is 5. The van der Waals surface area contributed by atoms with Crippen LogP contribution in [-0.4, -0.2) is 46.5 Å². The highest BCUT2D eigenvalue weighted by Crippen LogP contribution is 2.47. The Bertz CT molecular complexity index is 730. The highest BCUT2D eigenvalue weighted by Gasteiger charge is 2.43. The number of hydrogen-bond donors (Lipinski definition) is 2. The van der Waals surface area contributed by atoms with Crippen molar-refractivity contribution >= 4 is 40.0 Å². The van der Waals surface area contributed by atoms with Gasteiger partial charge in [-0.3, -0.25) is 4.99 Å². The minimum Gasteiger partial charge on any atom is -0.352 e. The third-order valence-electron chi connectivity index (χ3n) is 5.51. The van der Waals surface area contributed by atoms with Crippen molar-refractivity contribution in [2.45, 2.75) is 38.0 Å². The van der Waals surface area contributed by atoms with E-state index in [2.05, 4.69) is 19.9 Å². The molecule has 26 heavy (non-hydrogen) atoms. The van der Waals surface area contributed by atoms with Crippen LogP contribution in [0.5, 0.6) is 0 Å². The summed E-state index contributed by atoms with van der Waals surface area (Å²) in [5, 5.41) is 3.44. The molecule has 8 heteroatoms. The summed E-state index contributed by atoms with van der Waals surface area (Å²) < 4.78 is 25.5. The van der Waals surface area contributed by atoms with Crippen molar-refractivity contribution in [3.63, 3.8) is 0 Å². The van der Waals surface area contributed by atoms with E-state index < -0.39 is 10.0 Å². The molecule has 0 bridgehead atoms. The molecular weight excluding hydrogens is 463 g/mol. The molecule has 6 nitrogen and oxygen atoms in total. The topological polar surface area (TPSA) is 73.8 Å². The Balaban J connectivity index is 0.00000243. The first-order valence-electron chi connectivity index (χ1n) is 8.90. The first-order valence-corrected chi connectivity index (χ1v) is 10.6. The van der Waals surface area contributed by atoms with Gasteiger partial charge in [0.1, 0.15) is 0 Å². The molecule has 1 saturated carbocycles. The average molecular weight is 492 g/mol. The highest BCUT2D eigenvalue weighted by atomic mass is 127. The number of hydrogen-bond acceptors (Lipinski definition) is 3. The summed E-state index contributed by atoms with van der Waals surface area (Å²) in [6.45, 7) is 2.89. The number of benzene rings is 1. The van der Waals surface area contributed by atoms with Gasteiger partial charge in [-0.05, 0) is 42.9 Å². The van der Waals surface area contributed by atoms with Crippen molar-refractivity contribution in [2.75, 3.05) is 27.2 Å². The lowest BCUT2D eigenvalue weighted by atomic mass is 9.68. The maximum absolute atomic E-state index is 11.6. The lowest BCUT2D eigenvalue weighted by Crippen LogP contribution is -2.42. The van der Waals surface area contributed by atoms with E-state index >= 15 is 0 Å². The number of nitrogens with one attached hydrogen (secondary N) is 2. The second-order valence-electron chi connectivity index (χ2n) is 7.21. The molecule has 1 heterocycles. The molecule has 2 aliphatic rings. The fraction of sp³-hybridized carbons (Fsp3) is 0.611. The minimum absolute atomic E-state index is 0. The van der Waals surface area contributed by atoms with Crippen LogP contribution in [0.1, 0.15) is 36.8 Å². The third kappa shape index (κ3) is 5.10. The van der Waals surface area contributed by atoms with Crippen molar-refractivity contribution in [3.05, 3.63) is 35.4 Å². The quantitative estimate of drug-likeness (QED) is 0.376. The van der Waals surface area contributed by atoms with Gasteiger partial charge < -0.3 is 10.2 Å². The fourth-order valence-electron chi connectivity index (χ4n) is 3.76.